The van der Waals surface area contributed by atoms with E-state index in [4.69, 9.17) is 0 Å². The second-order valence-corrected chi connectivity index (χ2v) is 8.32. The van der Waals surface area contributed by atoms with E-state index >= 15 is 0 Å². The highest BCUT2D eigenvalue weighted by Crippen LogP contribution is 2.36. The maximum absolute atomic E-state index is 4.64. The van der Waals surface area contributed by atoms with Crippen molar-refractivity contribution in [3.63, 3.8) is 0 Å². The van der Waals surface area contributed by atoms with Crippen LogP contribution in [0.1, 0.15) is 54.4 Å². The van der Waals surface area contributed by atoms with Gasteiger partial charge in [0.05, 0.1) is 4.87 Å². The number of nitrogens with zero attached hydrogens (tertiary/aromatic N) is 1. The Hall–Kier alpha value is 0.620. The van der Waals surface area contributed by atoms with Crippen LogP contribution in [-0.4, -0.2) is 26.3 Å². The van der Waals surface area contributed by atoms with Gasteiger partial charge in [0.1, 0.15) is 0 Å². The van der Waals surface area contributed by atoms with Gasteiger partial charge in [-0.25, -0.2) is 4.31 Å². The van der Waals surface area contributed by atoms with Gasteiger partial charge in [0.2, 0.25) is 0 Å². The van der Waals surface area contributed by atoms with Crippen molar-refractivity contribution in [3.8, 4) is 0 Å². The van der Waals surface area contributed by atoms with Crippen LogP contribution in [0.3, 0.4) is 0 Å². The van der Waals surface area contributed by atoms with Crippen LogP contribution in [0, 0.1) is 0 Å². The lowest BCUT2D eigenvalue weighted by Gasteiger charge is -2.50. The third-order valence-corrected chi connectivity index (χ3v) is 4.28. The minimum Gasteiger partial charge on any atom is -0.307 e. The summed E-state index contributed by atoms with van der Waals surface area (Å²) >= 11 is 9.24. The highest BCUT2D eigenvalue weighted by molar-refractivity contribution is 7.84. The molecule has 4 heteroatoms. The summed E-state index contributed by atoms with van der Waals surface area (Å²) < 4.78 is 2.10. The first-order valence-corrected chi connectivity index (χ1v) is 6.78. The van der Waals surface area contributed by atoms with Crippen molar-refractivity contribution in [2.45, 2.75) is 76.4 Å². The maximum Gasteiger partial charge on any atom is 0.0681 e. The summed E-state index contributed by atoms with van der Waals surface area (Å²) in [6, 6.07) is 0.460. The standard InChI is InChI=1S/C12H26N2S2/c1-10(2)7-9(8-11(3,4)13-10)14(16)12(5,6)15/h9,13,15-16H,7-8H2,1-6H3. The normalized spacial score (nSPS) is 26.1. The summed E-state index contributed by atoms with van der Waals surface area (Å²) in [6.45, 7) is 13.2. The molecule has 1 rings (SSSR count). The molecule has 1 heterocycles. The van der Waals surface area contributed by atoms with Crippen LogP contribution >= 0.6 is 25.4 Å². The maximum atomic E-state index is 4.64. The summed E-state index contributed by atoms with van der Waals surface area (Å²) in [5, 5.41) is 3.68. The quantitative estimate of drug-likeness (QED) is 0.523. The van der Waals surface area contributed by atoms with Gasteiger partial charge in [0, 0.05) is 17.1 Å². The molecule has 0 radical (unpaired) electrons. The first kappa shape index (κ1) is 14.7. The Morgan fingerprint density at radius 1 is 1.12 bits per heavy atom. The lowest BCUT2D eigenvalue weighted by Crippen LogP contribution is -2.62. The molecule has 1 saturated heterocycles. The molecule has 0 spiro atoms. The van der Waals surface area contributed by atoms with E-state index < -0.39 is 0 Å². The summed E-state index contributed by atoms with van der Waals surface area (Å²) in [5.41, 5.74) is 0.318. The monoisotopic (exact) mass is 262 g/mol. The van der Waals surface area contributed by atoms with Gasteiger partial charge in [0.25, 0.3) is 0 Å². The predicted octanol–water partition coefficient (Wildman–Crippen LogP) is 3.11. The van der Waals surface area contributed by atoms with E-state index in [1.165, 1.54) is 0 Å². The predicted molar refractivity (Wildman–Crippen MR) is 78.2 cm³/mol. The Bertz CT molecular complexity index is 240. The molecule has 0 unspecified atom stereocenters. The third kappa shape index (κ3) is 3.83. The Morgan fingerprint density at radius 3 is 1.81 bits per heavy atom. The van der Waals surface area contributed by atoms with Crippen molar-refractivity contribution in [2.75, 3.05) is 0 Å². The molecule has 2 nitrogen and oxygen atoms in total. The van der Waals surface area contributed by atoms with Gasteiger partial charge in [-0.2, -0.15) is 12.6 Å². The summed E-state index contributed by atoms with van der Waals surface area (Å²) in [7, 11) is 0. The number of hydrogen-bond donors (Lipinski definition) is 3. The third-order valence-electron chi connectivity index (χ3n) is 3.08. The van der Waals surface area contributed by atoms with Gasteiger partial charge in [-0.3, -0.25) is 0 Å². The zero-order valence-corrected chi connectivity index (χ0v) is 13.1. The zero-order valence-electron chi connectivity index (χ0n) is 11.3. The summed E-state index contributed by atoms with van der Waals surface area (Å²) in [5.74, 6) is 0. The summed E-state index contributed by atoms with van der Waals surface area (Å²) in [6.07, 6.45) is 2.20. The van der Waals surface area contributed by atoms with E-state index in [-0.39, 0.29) is 15.9 Å². The van der Waals surface area contributed by atoms with E-state index in [9.17, 15) is 0 Å². The fourth-order valence-electron chi connectivity index (χ4n) is 2.89. The Labute approximate surface area is 112 Å². The molecule has 0 amide bonds. The number of hydrogen-bond acceptors (Lipinski definition) is 4. The smallest absolute Gasteiger partial charge is 0.0681 e. The SMILES string of the molecule is CC1(C)CC(N(S)C(C)(C)S)CC(C)(C)N1. The molecule has 1 fully saturated rings. The van der Waals surface area contributed by atoms with Gasteiger partial charge >= 0.3 is 0 Å². The van der Waals surface area contributed by atoms with E-state index in [1.54, 1.807) is 0 Å². The second-order valence-electron chi connectivity index (χ2n) is 6.79. The molecule has 1 aliphatic rings. The van der Waals surface area contributed by atoms with Gasteiger partial charge in [-0.05, 0) is 54.4 Å². The number of piperidine rings is 1. The topological polar surface area (TPSA) is 15.3 Å². The van der Waals surface area contributed by atoms with Gasteiger partial charge in [-0.15, -0.1) is 0 Å². The first-order chi connectivity index (χ1) is 6.93. The van der Waals surface area contributed by atoms with Crippen LogP contribution in [0.5, 0.6) is 0 Å². The molecule has 0 bridgehead atoms. The summed E-state index contributed by atoms with van der Waals surface area (Å²) in [4.78, 5) is -0.183. The average molecular weight is 262 g/mol. The van der Waals surface area contributed by atoms with E-state index in [0.717, 1.165) is 12.8 Å². The lowest BCUT2D eigenvalue weighted by atomic mass is 9.79. The van der Waals surface area contributed by atoms with Crippen LogP contribution in [0.25, 0.3) is 0 Å². The molecular formula is C12H26N2S2. The molecule has 1 N–H and O–H groups in total. The molecule has 0 aromatic rings. The van der Waals surface area contributed by atoms with Crippen molar-refractivity contribution in [1.29, 1.82) is 0 Å². The van der Waals surface area contributed by atoms with E-state index in [2.05, 4.69) is 76.6 Å². The van der Waals surface area contributed by atoms with E-state index in [1.807, 2.05) is 0 Å². The van der Waals surface area contributed by atoms with Gasteiger partial charge in [-0.1, -0.05) is 12.8 Å². The average Bonchev–Trinajstić information content (AvgIpc) is 1.94. The number of nitrogens with one attached hydrogen (secondary N) is 1. The van der Waals surface area contributed by atoms with Crippen LogP contribution in [-0.2, 0) is 0 Å². The van der Waals surface area contributed by atoms with Crippen molar-refractivity contribution >= 4 is 25.4 Å². The van der Waals surface area contributed by atoms with Crippen molar-refractivity contribution < 1.29 is 0 Å². The minimum absolute atomic E-state index is 0.159. The van der Waals surface area contributed by atoms with Crippen molar-refractivity contribution in [3.05, 3.63) is 0 Å². The first-order valence-electron chi connectivity index (χ1n) is 5.93. The fraction of sp³-hybridized carbons (Fsp3) is 1.00. The fourth-order valence-corrected chi connectivity index (χ4v) is 3.21. The molecule has 0 aromatic carbocycles. The number of rotatable bonds is 2. The van der Waals surface area contributed by atoms with Gasteiger partial charge in [0.15, 0.2) is 0 Å². The Kier molecular flexibility index (Phi) is 4.02. The van der Waals surface area contributed by atoms with Crippen LogP contribution in [0.2, 0.25) is 0 Å². The van der Waals surface area contributed by atoms with Crippen molar-refractivity contribution in [1.82, 2.24) is 9.62 Å². The minimum atomic E-state index is -0.183. The van der Waals surface area contributed by atoms with Gasteiger partial charge < -0.3 is 5.32 Å². The zero-order chi connectivity index (χ0) is 12.8. The molecule has 16 heavy (non-hydrogen) atoms. The van der Waals surface area contributed by atoms with Crippen LogP contribution < -0.4 is 5.32 Å². The largest absolute Gasteiger partial charge is 0.307 e. The van der Waals surface area contributed by atoms with E-state index in [0.29, 0.717) is 6.04 Å². The van der Waals surface area contributed by atoms with Crippen LogP contribution in [0.15, 0.2) is 0 Å². The Morgan fingerprint density at radius 2 is 1.50 bits per heavy atom. The number of thiol groups is 2. The highest BCUT2D eigenvalue weighted by atomic mass is 32.1. The second kappa shape index (κ2) is 4.38. The molecular weight excluding hydrogens is 236 g/mol. The van der Waals surface area contributed by atoms with Crippen LogP contribution in [0.4, 0.5) is 0 Å². The molecule has 96 valence electrons. The molecule has 0 saturated carbocycles. The lowest BCUT2D eigenvalue weighted by molar-refractivity contribution is 0.0986. The molecule has 0 atom stereocenters. The highest BCUT2D eigenvalue weighted by Gasteiger charge is 2.41. The molecule has 0 aliphatic carbocycles. The Balaban J connectivity index is 2.83. The molecule has 0 aromatic heterocycles. The molecule has 1 aliphatic heterocycles. The van der Waals surface area contributed by atoms with Crippen molar-refractivity contribution in [2.24, 2.45) is 0 Å².